The molecule has 0 aliphatic rings. The van der Waals surface area contributed by atoms with Crippen LogP contribution >= 0.6 is 0 Å². The number of hydrogen-bond donors (Lipinski definition) is 1. The van der Waals surface area contributed by atoms with E-state index in [1.54, 1.807) is 26.0 Å². The number of allylic oxidation sites excluding steroid dienone is 1. The number of carbonyl (C=O) groups is 3. The molecule has 0 fully saturated rings. The molecule has 0 atom stereocenters. The minimum Gasteiger partial charge on any atom is -0.493 e. The van der Waals surface area contributed by atoms with Crippen LogP contribution in [-0.2, 0) is 9.53 Å². The van der Waals surface area contributed by atoms with Gasteiger partial charge in [0.1, 0.15) is 0 Å². The van der Waals surface area contributed by atoms with Crippen molar-refractivity contribution in [1.82, 2.24) is 4.98 Å². The molecular weight excluding hydrogens is 374 g/mol. The van der Waals surface area contributed by atoms with Gasteiger partial charge >= 0.3 is 5.97 Å². The lowest BCUT2D eigenvalue weighted by Crippen LogP contribution is -2.20. The molecule has 1 aromatic carbocycles. The number of H-pyrrole nitrogens is 1. The molecule has 0 aliphatic carbocycles. The van der Waals surface area contributed by atoms with Gasteiger partial charge < -0.3 is 19.2 Å². The van der Waals surface area contributed by atoms with Crippen LogP contribution in [0.3, 0.4) is 0 Å². The predicted molar refractivity (Wildman–Crippen MR) is 109 cm³/mol. The first-order valence-corrected chi connectivity index (χ1v) is 9.10. The van der Waals surface area contributed by atoms with E-state index in [2.05, 4.69) is 4.98 Å². The van der Waals surface area contributed by atoms with E-state index in [1.807, 2.05) is 25.1 Å². The van der Waals surface area contributed by atoms with Crippen LogP contribution < -0.4 is 9.47 Å². The molecule has 0 aliphatic heterocycles. The number of benzene rings is 1. The number of aromatic amines is 1. The molecule has 0 amide bonds. The molecule has 154 valence electrons. The van der Waals surface area contributed by atoms with E-state index in [0.29, 0.717) is 28.3 Å². The number of aryl methyl sites for hydroxylation is 1. The Morgan fingerprint density at radius 1 is 1.10 bits per heavy atom. The van der Waals surface area contributed by atoms with Crippen LogP contribution in [0.1, 0.15) is 51.5 Å². The minimum atomic E-state index is -0.689. The fourth-order valence-corrected chi connectivity index (χ4v) is 3.05. The van der Waals surface area contributed by atoms with Crippen LogP contribution in [0.15, 0.2) is 24.3 Å². The van der Waals surface area contributed by atoms with Crippen LogP contribution in [-0.4, -0.2) is 42.8 Å². The zero-order valence-corrected chi connectivity index (χ0v) is 17.3. The van der Waals surface area contributed by atoms with Gasteiger partial charge in [-0.05, 0) is 51.0 Å². The van der Waals surface area contributed by atoms with Crippen molar-refractivity contribution in [3.05, 3.63) is 52.4 Å². The molecule has 2 aromatic rings. The van der Waals surface area contributed by atoms with E-state index in [9.17, 15) is 14.4 Å². The average Bonchev–Trinajstić information content (AvgIpc) is 2.99. The number of nitrogens with one attached hydrogen (secondary N) is 1. The molecule has 0 spiro atoms. The molecule has 0 unspecified atom stereocenters. The summed E-state index contributed by atoms with van der Waals surface area (Å²) in [5.74, 6) is -0.356. The van der Waals surface area contributed by atoms with Gasteiger partial charge in [-0.1, -0.05) is 18.2 Å². The molecule has 0 saturated heterocycles. The van der Waals surface area contributed by atoms with Gasteiger partial charge in [0.25, 0.3) is 0 Å². The quantitative estimate of drug-likeness (QED) is 0.511. The number of hydrogen-bond acceptors (Lipinski definition) is 6. The van der Waals surface area contributed by atoms with E-state index in [-0.39, 0.29) is 18.1 Å². The summed E-state index contributed by atoms with van der Waals surface area (Å²) in [6.07, 6.45) is 3.81. The predicted octanol–water partition coefficient (Wildman–Crippen LogP) is 3.68. The minimum absolute atomic E-state index is 0.130. The van der Waals surface area contributed by atoms with Crippen LogP contribution in [0.4, 0.5) is 0 Å². The standard InChI is InChI=1S/C22H25NO6/c1-6-7-16-8-9-18(19(10-16)27-5)28-12-20(26)29-11-17(25)22-13(2)21(15(4)24)14(3)23-22/h6-10,23H,11-12H2,1-5H3. The van der Waals surface area contributed by atoms with Gasteiger partial charge in [-0.3, -0.25) is 9.59 Å². The van der Waals surface area contributed by atoms with Crippen LogP contribution in [0.5, 0.6) is 11.5 Å². The zero-order chi connectivity index (χ0) is 21.6. The molecule has 29 heavy (non-hydrogen) atoms. The molecule has 1 heterocycles. The second-order valence-corrected chi connectivity index (χ2v) is 6.46. The topological polar surface area (TPSA) is 94.7 Å². The molecule has 1 N–H and O–H groups in total. The Hall–Kier alpha value is -3.35. The highest BCUT2D eigenvalue weighted by atomic mass is 16.6. The van der Waals surface area contributed by atoms with Gasteiger partial charge in [-0.15, -0.1) is 0 Å². The summed E-state index contributed by atoms with van der Waals surface area (Å²) in [5.41, 5.74) is 2.85. The molecule has 0 saturated carbocycles. The fourth-order valence-electron chi connectivity index (χ4n) is 3.05. The number of carbonyl (C=O) groups excluding carboxylic acids is 3. The van der Waals surface area contributed by atoms with Crippen LogP contribution in [0, 0.1) is 13.8 Å². The van der Waals surface area contributed by atoms with Crippen molar-refractivity contribution in [3.8, 4) is 11.5 Å². The lowest BCUT2D eigenvalue weighted by molar-refractivity contribution is -0.144. The Morgan fingerprint density at radius 2 is 1.83 bits per heavy atom. The Labute approximate surface area is 169 Å². The van der Waals surface area contributed by atoms with Crippen molar-refractivity contribution in [3.63, 3.8) is 0 Å². The Kier molecular flexibility index (Phi) is 7.36. The first-order valence-electron chi connectivity index (χ1n) is 9.10. The highest BCUT2D eigenvalue weighted by molar-refractivity contribution is 6.04. The van der Waals surface area contributed by atoms with E-state index < -0.39 is 18.4 Å². The summed E-state index contributed by atoms with van der Waals surface area (Å²) in [7, 11) is 1.51. The van der Waals surface area contributed by atoms with E-state index in [1.165, 1.54) is 14.0 Å². The van der Waals surface area contributed by atoms with Gasteiger partial charge in [-0.25, -0.2) is 4.79 Å². The molecule has 1 aromatic heterocycles. The third-order valence-electron chi connectivity index (χ3n) is 4.32. The highest BCUT2D eigenvalue weighted by Crippen LogP contribution is 2.28. The lowest BCUT2D eigenvalue weighted by atomic mass is 10.1. The normalized spacial score (nSPS) is 10.8. The zero-order valence-electron chi connectivity index (χ0n) is 17.3. The van der Waals surface area contributed by atoms with Crippen molar-refractivity contribution in [2.24, 2.45) is 0 Å². The summed E-state index contributed by atoms with van der Waals surface area (Å²) >= 11 is 0. The van der Waals surface area contributed by atoms with Gasteiger partial charge in [0.05, 0.1) is 12.8 Å². The van der Waals surface area contributed by atoms with Crippen molar-refractivity contribution in [2.75, 3.05) is 20.3 Å². The maximum Gasteiger partial charge on any atom is 0.344 e. The van der Waals surface area contributed by atoms with Crippen molar-refractivity contribution in [2.45, 2.75) is 27.7 Å². The lowest BCUT2D eigenvalue weighted by Gasteiger charge is -2.11. The molecule has 0 radical (unpaired) electrons. The Balaban J connectivity index is 1.95. The van der Waals surface area contributed by atoms with E-state index in [0.717, 1.165) is 5.56 Å². The largest absolute Gasteiger partial charge is 0.493 e. The smallest absolute Gasteiger partial charge is 0.344 e. The molecule has 7 heteroatoms. The second-order valence-electron chi connectivity index (χ2n) is 6.46. The SMILES string of the molecule is CC=Cc1ccc(OCC(=O)OCC(=O)c2[nH]c(C)c(C(C)=O)c2C)c(OC)c1. The van der Waals surface area contributed by atoms with Crippen LogP contribution in [0.2, 0.25) is 0 Å². The Bertz CT molecular complexity index is 954. The van der Waals surface area contributed by atoms with Gasteiger partial charge in [-0.2, -0.15) is 0 Å². The third kappa shape index (κ3) is 5.34. The number of ether oxygens (including phenoxy) is 3. The summed E-state index contributed by atoms with van der Waals surface area (Å²) < 4.78 is 15.7. The maximum atomic E-state index is 12.3. The van der Waals surface area contributed by atoms with Crippen molar-refractivity contribution < 1.29 is 28.6 Å². The maximum absolute atomic E-state index is 12.3. The number of Topliss-reactive ketones (excluding diaryl/α,β-unsaturated/α-hetero) is 2. The number of rotatable bonds is 9. The summed E-state index contributed by atoms with van der Waals surface area (Å²) in [5, 5.41) is 0. The number of ketones is 2. The monoisotopic (exact) mass is 399 g/mol. The summed E-state index contributed by atoms with van der Waals surface area (Å²) in [6.45, 7) is 5.93. The van der Waals surface area contributed by atoms with Gasteiger partial charge in [0.15, 0.2) is 30.5 Å². The van der Waals surface area contributed by atoms with Crippen molar-refractivity contribution in [1.29, 1.82) is 0 Å². The van der Waals surface area contributed by atoms with E-state index >= 15 is 0 Å². The molecular formula is C22H25NO6. The second kappa shape index (κ2) is 9.73. The summed E-state index contributed by atoms with van der Waals surface area (Å²) in [6, 6.07) is 5.31. The summed E-state index contributed by atoms with van der Waals surface area (Å²) in [4.78, 5) is 38.9. The first kappa shape index (κ1) is 21.9. The fraction of sp³-hybridized carbons (Fsp3) is 0.318. The molecule has 7 nitrogen and oxygen atoms in total. The Morgan fingerprint density at radius 3 is 2.41 bits per heavy atom. The highest BCUT2D eigenvalue weighted by Gasteiger charge is 2.21. The van der Waals surface area contributed by atoms with Crippen molar-refractivity contribution >= 4 is 23.6 Å². The number of aromatic nitrogens is 1. The number of methoxy groups -OCH3 is 1. The molecule has 0 bridgehead atoms. The van der Waals surface area contributed by atoms with Crippen LogP contribution in [0.25, 0.3) is 6.08 Å². The third-order valence-corrected chi connectivity index (χ3v) is 4.32. The van der Waals surface area contributed by atoms with E-state index in [4.69, 9.17) is 14.2 Å². The molecule has 2 rings (SSSR count). The average molecular weight is 399 g/mol. The first-order chi connectivity index (χ1) is 13.8. The van der Waals surface area contributed by atoms with Gasteiger partial charge in [0, 0.05) is 11.3 Å². The number of esters is 1. The van der Waals surface area contributed by atoms with Gasteiger partial charge in [0.2, 0.25) is 5.78 Å².